The molecular weight excluding hydrogens is 469 g/mol. The summed E-state index contributed by atoms with van der Waals surface area (Å²) in [6.45, 7) is 2.83. The highest BCUT2D eigenvalue weighted by Crippen LogP contribution is 2.27. The Labute approximate surface area is 198 Å². The number of aryl methyl sites for hydroxylation is 1. The number of hydrogen-bond donors (Lipinski definition) is 0. The van der Waals surface area contributed by atoms with Gasteiger partial charge in [-0.05, 0) is 38.5 Å². The SMILES string of the molecule is Cc1cc(C(=O)CSc2nnc(CN3CCCC3=O)n2-c2ccccn2)c(C)n1CC(F)(F)F. The zero-order valence-electron chi connectivity index (χ0n) is 18.7. The molecule has 1 amide bonds. The largest absolute Gasteiger partial charge is 0.406 e. The van der Waals surface area contributed by atoms with E-state index in [1.807, 2.05) is 6.07 Å². The number of carbonyl (C=O) groups is 2. The number of Topliss-reactive ketones (excluding diaryl/α,β-unsaturated/α-hetero) is 1. The number of amides is 1. The van der Waals surface area contributed by atoms with Crippen molar-refractivity contribution in [2.75, 3.05) is 12.3 Å². The summed E-state index contributed by atoms with van der Waals surface area (Å²) in [4.78, 5) is 31.1. The van der Waals surface area contributed by atoms with Gasteiger partial charge in [0.15, 0.2) is 16.8 Å². The standard InChI is InChI=1S/C22H23F3N6O2S/c1-14-10-16(15(2)30(14)13-22(23,24)25)17(32)12-34-21-28-27-19(11-29-9-5-7-20(29)33)31(21)18-6-3-4-8-26-18/h3-4,6,8,10H,5,7,9,11-13H2,1-2H3. The second-order valence-corrected chi connectivity index (χ2v) is 8.98. The smallest absolute Gasteiger partial charge is 0.339 e. The Morgan fingerprint density at radius 3 is 2.65 bits per heavy atom. The van der Waals surface area contributed by atoms with Crippen LogP contribution >= 0.6 is 11.8 Å². The maximum absolute atomic E-state index is 12.9. The second-order valence-electron chi connectivity index (χ2n) is 8.04. The first-order chi connectivity index (χ1) is 16.1. The van der Waals surface area contributed by atoms with E-state index in [1.165, 1.54) is 13.0 Å². The predicted octanol–water partition coefficient (Wildman–Crippen LogP) is 3.74. The van der Waals surface area contributed by atoms with E-state index in [0.717, 1.165) is 22.7 Å². The third-order valence-electron chi connectivity index (χ3n) is 5.63. The number of alkyl halides is 3. The van der Waals surface area contributed by atoms with Gasteiger partial charge in [0.2, 0.25) is 5.91 Å². The molecule has 0 spiro atoms. The summed E-state index contributed by atoms with van der Waals surface area (Å²) < 4.78 is 41.5. The molecule has 3 aromatic heterocycles. The normalized spacial score (nSPS) is 14.3. The topological polar surface area (TPSA) is 85.9 Å². The molecular formula is C22H23F3N6O2S. The van der Waals surface area contributed by atoms with Crippen molar-refractivity contribution in [1.82, 2.24) is 29.2 Å². The van der Waals surface area contributed by atoms with Crippen LogP contribution in [0, 0.1) is 13.8 Å². The van der Waals surface area contributed by atoms with Crippen LogP contribution in [0.15, 0.2) is 35.6 Å². The molecule has 8 nitrogen and oxygen atoms in total. The predicted molar refractivity (Wildman–Crippen MR) is 119 cm³/mol. The Balaban J connectivity index is 1.56. The van der Waals surface area contributed by atoms with Crippen LogP contribution in [0.2, 0.25) is 0 Å². The quantitative estimate of drug-likeness (QED) is 0.352. The van der Waals surface area contributed by atoms with E-state index in [4.69, 9.17) is 0 Å². The van der Waals surface area contributed by atoms with Gasteiger partial charge in [-0.2, -0.15) is 13.2 Å². The van der Waals surface area contributed by atoms with Crippen molar-refractivity contribution in [2.24, 2.45) is 0 Å². The lowest BCUT2D eigenvalue weighted by Gasteiger charge is -2.16. The number of carbonyl (C=O) groups excluding carboxylic acids is 2. The minimum absolute atomic E-state index is 0.0378. The molecule has 180 valence electrons. The van der Waals surface area contributed by atoms with E-state index in [1.54, 1.807) is 34.7 Å². The second kappa shape index (κ2) is 9.61. The van der Waals surface area contributed by atoms with E-state index in [9.17, 15) is 22.8 Å². The fourth-order valence-corrected chi connectivity index (χ4v) is 4.81. The number of ketones is 1. The van der Waals surface area contributed by atoms with Crippen molar-refractivity contribution < 1.29 is 22.8 Å². The van der Waals surface area contributed by atoms with Gasteiger partial charge in [-0.3, -0.25) is 14.2 Å². The van der Waals surface area contributed by atoms with Gasteiger partial charge in [0, 0.05) is 36.1 Å². The maximum atomic E-state index is 12.9. The van der Waals surface area contributed by atoms with Gasteiger partial charge >= 0.3 is 6.18 Å². The highest BCUT2D eigenvalue weighted by molar-refractivity contribution is 7.99. The molecule has 1 aliphatic rings. The molecule has 0 radical (unpaired) electrons. The number of likely N-dealkylation sites (tertiary alicyclic amines) is 1. The summed E-state index contributed by atoms with van der Waals surface area (Å²) in [6, 6.07) is 6.83. The molecule has 1 aliphatic heterocycles. The van der Waals surface area contributed by atoms with Crippen LogP contribution in [0.4, 0.5) is 13.2 Å². The zero-order chi connectivity index (χ0) is 24.5. The maximum Gasteiger partial charge on any atom is 0.406 e. The minimum atomic E-state index is -4.38. The van der Waals surface area contributed by atoms with E-state index in [2.05, 4.69) is 15.2 Å². The molecule has 4 heterocycles. The van der Waals surface area contributed by atoms with Crippen LogP contribution in [0.25, 0.3) is 5.82 Å². The molecule has 1 fully saturated rings. The first-order valence-corrected chi connectivity index (χ1v) is 11.7. The average molecular weight is 493 g/mol. The Hall–Kier alpha value is -3.15. The van der Waals surface area contributed by atoms with Crippen molar-refractivity contribution in [3.05, 3.63) is 53.2 Å². The van der Waals surface area contributed by atoms with Crippen molar-refractivity contribution in [3.8, 4) is 5.82 Å². The molecule has 4 rings (SSSR count). The number of rotatable bonds is 8. The van der Waals surface area contributed by atoms with Crippen molar-refractivity contribution in [2.45, 2.75) is 51.1 Å². The summed E-state index contributed by atoms with van der Waals surface area (Å²) in [5.74, 6) is 0.774. The molecule has 0 N–H and O–H groups in total. The highest BCUT2D eigenvalue weighted by Gasteiger charge is 2.30. The molecule has 34 heavy (non-hydrogen) atoms. The third kappa shape index (κ3) is 5.16. The Bertz CT molecular complexity index is 1210. The van der Waals surface area contributed by atoms with Crippen LogP contribution < -0.4 is 0 Å². The van der Waals surface area contributed by atoms with Gasteiger partial charge in [-0.15, -0.1) is 10.2 Å². The van der Waals surface area contributed by atoms with Gasteiger partial charge in [0.05, 0.1) is 12.3 Å². The first kappa shape index (κ1) is 24.0. The minimum Gasteiger partial charge on any atom is -0.339 e. The van der Waals surface area contributed by atoms with Crippen LogP contribution in [-0.4, -0.2) is 59.4 Å². The van der Waals surface area contributed by atoms with Gasteiger partial charge < -0.3 is 9.47 Å². The molecule has 1 saturated heterocycles. The molecule has 0 bridgehead atoms. The molecule has 0 aliphatic carbocycles. The van der Waals surface area contributed by atoms with Crippen LogP contribution in [0.1, 0.15) is 40.4 Å². The Kier molecular flexibility index (Phi) is 6.78. The highest BCUT2D eigenvalue weighted by atomic mass is 32.2. The Morgan fingerprint density at radius 1 is 1.21 bits per heavy atom. The summed E-state index contributed by atoms with van der Waals surface area (Å²) >= 11 is 1.13. The first-order valence-electron chi connectivity index (χ1n) is 10.7. The van der Waals surface area contributed by atoms with Crippen molar-refractivity contribution >= 4 is 23.5 Å². The fraction of sp³-hybridized carbons (Fsp3) is 0.409. The van der Waals surface area contributed by atoms with E-state index in [-0.39, 0.29) is 35.2 Å². The number of halogens is 3. The molecule has 0 unspecified atom stereocenters. The molecule has 0 aromatic carbocycles. The van der Waals surface area contributed by atoms with Crippen LogP contribution in [0.3, 0.4) is 0 Å². The molecule has 12 heteroatoms. The van der Waals surface area contributed by atoms with Crippen molar-refractivity contribution in [1.29, 1.82) is 0 Å². The number of aromatic nitrogens is 5. The third-order valence-corrected chi connectivity index (χ3v) is 6.56. The van der Waals surface area contributed by atoms with Crippen LogP contribution in [-0.2, 0) is 17.9 Å². The lowest BCUT2D eigenvalue weighted by atomic mass is 10.2. The van der Waals surface area contributed by atoms with E-state index in [0.29, 0.717) is 35.5 Å². The van der Waals surface area contributed by atoms with Gasteiger partial charge in [0.25, 0.3) is 0 Å². The van der Waals surface area contributed by atoms with Gasteiger partial charge in [-0.25, -0.2) is 4.98 Å². The summed E-state index contributed by atoms with van der Waals surface area (Å²) in [6.07, 6.45) is -1.47. The number of nitrogens with zero attached hydrogens (tertiary/aromatic N) is 6. The number of thioether (sulfide) groups is 1. The molecule has 0 atom stereocenters. The summed E-state index contributed by atoms with van der Waals surface area (Å²) in [5, 5.41) is 8.86. The lowest BCUT2D eigenvalue weighted by molar-refractivity contribution is -0.141. The van der Waals surface area contributed by atoms with E-state index < -0.39 is 12.7 Å². The van der Waals surface area contributed by atoms with E-state index >= 15 is 0 Å². The monoisotopic (exact) mass is 492 g/mol. The van der Waals surface area contributed by atoms with Crippen LogP contribution in [0.5, 0.6) is 0 Å². The Morgan fingerprint density at radius 2 is 2.00 bits per heavy atom. The van der Waals surface area contributed by atoms with Gasteiger partial charge in [0.1, 0.15) is 12.4 Å². The van der Waals surface area contributed by atoms with Crippen molar-refractivity contribution in [3.63, 3.8) is 0 Å². The fourth-order valence-electron chi connectivity index (χ4n) is 3.97. The number of pyridine rings is 1. The molecule has 3 aromatic rings. The average Bonchev–Trinajstić information content (AvgIpc) is 3.46. The summed E-state index contributed by atoms with van der Waals surface area (Å²) in [5.41, 5.74) is 0.901. The number of hydrogen-bond acceptors (Lipinski definition) is 6. The zero-order valence-corrected chi connectivity index (χ0v) is 19.5. The summed E-state index contributed by atoms with van der Waals surface area (Å²) in [7, 11) is 0. The molecule has 0 saturated carbocycles. The lowest BCUT2D eigenvalue weighted by Crippen LogP contribution is -2.25. The van der Waals surface area contributed by atoms with Gasteiger partial charge in [-0.1, -0.05) is 17.8 Å².